The number of hydrogen-bond acceptors (Lipinski definition) is 2. The second-order valence-corrected chi connectivity index (χ2v) is 7.09. The first-order chi connectivity index (χ1) is 9.89. The van der Waals surface area contributed by atoms with Gasteiger partial charge in [0.2, 0.25) is 0 Å². The van der Waals surface area contributed by atoms with Crippen LogP contribution in [0, 0.1) is 5.41 Å². The molecule has 3 nitrogen and oxygen atoms in total. The summed E-state index contributed by atoms with van der Waals surface area (Å²) in [6.45, 7) is 4.66. The highest BCUT2D eigenvalue weighted by Crippen LogP contribution is 2.39. The minimum atomic E-state index is -0.730. The van der Waals surface area contributed by atoms with Crippen molar-refractivity contribution in [2.24, 2.45) is 5.41 Å². The first-order valence-electron chi connectivity index (χ1n) is 7.88. The van der Waals surface area contributed by atoms with Gasteiger partial charge in [0.25, 0.3) is 0 Å². The Kier molecular flexibility index (Phi) is 5.04. The molecule has 0 bridgehead atoms. The molecule has 0 radical (unpaired) electrons. The maximum absolute atomic E-state index is 11.2. The number of rotatable bonds is 5. The molecule has 1 saturated carbocycles. The van der Waals surface area contributed by atoms with Crippen LogP contribution in [0.25, 0.3) is 0 Å². The van der Waals surface area contributed by atoms with Crippen molar-refractivity contribution >= 4 is 5.97 Å². The molecule has 1 N–H and O–H groups in total. The number of nitrogens with zero attached hydrogens (tertiary/aromatic N) is 1. The Morgan fingerprint density at radius 2 is 1.86 bits per heavy atom. The maximum atomic E-state index is 11.2. The van der Waals surface area contributed by atoms with Crippen molar-refractivity contribution in [1.29, 1.82) is 0 Å². The lowest BCUT2D eigenvalue weighted by Crippen LogP contribution is -2.40. The summed E-state index contributed by atoms with van der Waals surface area (Å²) in [6.07, 6.45) is 4.92. The molecule has 2 rings (SSSR count). The normalized spacial score (nSPS) is 20.4. The monoisotopic (exact) mass is 289 g/mol. The number of carboxylic acids is 1. The predicted molar refractivity (Wildman–Crippen MR) is 85.2 cm³/mol. The van der Waals surface area contributed by atoms with Gasteiger partial charge in [0, 0.05) is 12.1 Å². The van der Waals surface area contributed by atoms with Crippen molar-refractivity contribution in [2.45, 2.75) is 58.0 Å². The van der Waals surface area contributed by atoms with Gasteiger partial charge in [-0.15, -0.1) is 0 Å². The second kappa shape index (κ2) is 6.61. The summed E-state index contributed by atoms with van der Waals surface area (Å²) >= 11 is 0. The fourth-order valence-electron chi connectivity index (χ4n) is 3.38. The number of hydrogen-bond donors (Lipinski definition) is 1. The molecule has 1 atom stereocenters. The van der Waals surface area contributed by atoms with E-state index in [0.29, 0.717) is 11.5 Å². The molecular weight excluding hydrogens is 262 g/mol. The van der Waals surface area contributed by atoms with E-state index < -0.39 is 5.97 Å². The van der Waals surface area contributed by atoms with Crippen molar-refractivity contribution in [3.8, 4) is 0 Å². The van der Waals surface area contributed by atoms with E-state index in [1.165, 1.54) is 12.8 Å². The first kappa shape index (κ1) is 16.0. The Morgan fingerprint density at radius 1 is 1.29 bits per heavy atom. The molecule has 0 aliphatic heterocycles. The summed E-state index contributed by atoms with van der Waals surface area (Å²) in [5.74, 6) is -0.730. The van der Waals surface area contributed by atoms with E-state index in [9.17, 15) is 9.90 Å². The molecule has 116 valence electrons. The molecule has 0 amide bonds. The average molecular weight is 289 g/mol. The molecule has 1 aliphatic rings. The number of benzene rings is 1. The van der Waals surface area contributed by atoms with Gasteiger partial charge in [0.05, 0.1) is 6.42 Å². The molecule has 3 heteroatoms. The van der Waals surface area contributed by atoms with Crippen LogP contribution in [0.15, 0.2) is 30.3 Å². The van der Waals surface area contributed by atoms with Crippen molar-refractivity contribution < 1.29 is 9.90 Å². The SMILES string of the molecule is CN(C1CCC(C)(C)CC1)C(CC(=O)O)c1ccccc1. The molecule has 1 aromatic carbocycles. The molecule has 1 fully saturated rings. The number of carboxylic acid groups (broad SMARTS) is 1. The Hall–Kier alpha value is -1.35. The summed E-state index contributed by atoms with van der Waals surface area (Å²) < 4.78 is 0. The Labute approximate surface area is 128 Å². The lowest BCUT2D eigenvalue weighted by molar-refractivity contribution is -0.138. The van der Waals surface area contributed by atoms with E-state index in [1.54, 1.807) is 0 Å². The lowest BCUT2D eigenvalue weighted by atomic mass is 9.75. The third kappa shape index (κ3) is 4.31. The Morgan fingerprint density at radius 3 is 2.38 bits per heavy atom. The molecule has 1 aliphatic carbocycles. The van der Waals surface area contributed by atoms with Crippen LogP contribution in [-0.2, 0) is 4.79 Å². The van der Waals surface area contributed by atoms with Crippen LogP contribution in [0.2, 0.25) is 0 Å². The molecule has 1 aromatic rings. The number of carbonyl (C=O) groups is 1. The molecule has 21 heavy (non-hydrogen) atoms. The quantitative estimate of drug-likeness (QED) is 0.887. The highest BCUT2D eigenvalue weighted by molar-refractivity contribution is 5.68. The van der Waals surface area contributed by atoms with Gasteiger partial charge in [0.15, 0.2) is 0 Å². The fraction of sp³-hybridized carbons (Fsp3) is 0.611. The van der Waals surface area contributed by atoms with Crippen LogP contribution in [0.5, 0.6) is 0 Å². The van der Waals surface area contributed by atoms with Gasteiger partial charge in [-0.05, 0) is 43.7 Å². The summed E-state index contributed by atoms with van der Waals surface area (Å²) in [5.41, 5.74) is 1.54. The van der Waals surface area contributed by atoms with E-state index in [0.717, 1.165) is 18.4 Å². The largest absolute Gasteiger partial charge is 0.481 e. The van der Waals surface area contributed by atoms with Gasteiger partial charge in [-0.1, -0.05) is 44.2 Å². The zero-order valence-electron chi connectivity index (χ0n) is 13.4. The smallest absolute Gasteiger partial charge is 0.305 e. The summed E-state index contributed by atoms with van der Waals surface area (Å²) in [7, 11) is 2.09. The van der Waals surface area contributed by atoms with Gasteiger partial charge < -0.3 is 5.11 Å². The van der Waals surface area contributed by atoms with Crippen LogP contribution < -0.4 is 0 Å². The van der Waals surface area contributed by atoms with Gasteiger partial charge >= 0.3 is 5.97 Å². The van der Waals surface area contributed by atoms with Crippen LogP contribution in [-0.4, -0.2) is 29.1 Å². The standard InChI is InChI=1S/C18H27NO2/c1-18(2)11-9-15(10-12-18)19(3)16(13-17(20)21)14-7-5-4-6-8-14/h4-8,15-16H,9-13H2,1-3H3,(H,20,21). The molecule has 0 aromatic heterocycles. The van der Waals surface area contributed by atoms with Crippen molar-refractivity contribution in [3.05, 3.63) is 35.9 Å². The van der Waals surface area contributed by atoms with E-state index in [1.807, 2.05) is 30.3 Å². The minimum Gasteiger partial charge on any atom is -0.481 e. The summed E-state index contributed by atoms with van der Waals surface area (Å²) in [6, 6.07) is 10.5. The highest BCUT2D eigenvalue weighted by atomic mass is 16.4. The van der Waals surface area contributed by atoms with E-state index in [2.05, 4.69) is 25.8 Å². The topological polar surface area (TPSA) is 40.5 Å². The van der Waals surface area contributed by atoms with Gasteiger partial charge in [0.1, 0.15) is 0 Å². The third-order valence-electron chi connectivity index (χ3n) is 4.93. The van der Waals surface area contributed by atoms with Crippen LogP contribution in [0.4, 0.5) is 0 Å². The van der Waals surface area contributed by atoms with Gasteiger partial charge in [-0.3, -0.25) is 9.69 Å². The van der Waals surface area contributed by atoms with Crippen LogP contribution in [0.3, 0.4) is 0 Å². The van der Waals surface area contributed by atoms with Gasteiger partial charge in [-0.2, -0.15) is 0 Å². The summed E-state index contributed by atoms with van der Waals surface area (Å²) in [5, 5.41) is 9.25. The molecule has 0 heterocycles. The third-order valence-corrected chi connectivity index (χ3v) is 4.93. The number of aliphatic carboxylic acids is 1. The van der Waals surface area contributed by atoms with Crippen molar-refractivity contribution in [1.82, 2.24) is 4.90 Å². The van der Waals surface area contributed by atoms with Crippen molar-refractivity contribution in [3.63, 3.8) is 0 Å². The lowest BCUT2D eigenvalue weighted by Gasteiger charge is -2.41. The zero-order valence-corrected chi connectivity index (χ0v) is 13.4. The maximum Gasteiger partial charge on any atom is 0.305 e. The van der Waals surface area contributed by atoms with Crippen molar-refractivity contribution in [2.75, 3.05) is 7.05 Å². The molecular formula is C18H27NO2. The van der Waals surface area contributed by atoms with Crippen LogP contribution in [0.1, 0.15) is 57.6 Å². The van der Waals surface area contributed by atoms with Crippen LogP contribution >= 0.6 is 0 Å². The van der Waals surface area contributed by atoms with E-state index in [-0.39, 0.29) is 12.5 Å². The van der Waals surface area contributed by atoms with Gasteiger partial charge in [-0.25, -0.2) is 0 Å². The average Bonchev–Trinajstić information content (AvgIpc) is 2.45. The Bertz CT molecular complexity index is 459. The van der Waals surface area contributed by atoms with E-state index >= 15 is 0 Å². The predicted octanol–water partition coefficient (Wildman–Crippen LogP) is 4.10. The highest BCUT2D eigenvalue weighted by Gasteiger charge is 2.32. The fourth-order valence-corrected chi connectivity index (χ4v) is 3.38. The molecule has 0 spiro atoms. The summed E-state index contributed by atoms with van der Waals surface area (Å²) in [4.78, 5) is 13.5. The van der Waals surface area contributed by atoms with E-state index in [4.69, 9.17) is 0 Å². The second-order valence-electron chi connectivity index (χ2n) is 7.09. The zero-order chi connectivity index (χ0) is 15.5. The molecule has 0 saturated heterocycles. The molecule has 1 unspecified atom stereocenters. The Balaban J connectivity index is 2.11. The first-order valence-corrected chi connectivity index (χ1v) is 7.88. The minimum absolute atomic E-state index is 0.0325.